The average molecular weight is 471 g/mol. The fourth-order valence-corrected chi connectivity index (χ4v) is 5.22. The minimum atomic E-state index is -0.678. The van der Waals surface area contributed by atoms with E-state index in [4.69, 9.17) is 4.98 Å². The molecule has 0 radical (unpaired) electrons. The highest BCUT2D eigenvalue weighted by Gasteiger charge is 2.28. The Bertz CT molecular complexity index is 1540. The van der Waals surface area contributed by atoms with Gasteiger partial charge >= 0.3 is 5.97 Å². The number of carbonyl (C=O) groups is 1. The molecule has 6 rings (SSSR count). The number of nitrogens with one attached hydrogen (secondary N) is 1. The van der Waals surface area contributed by atoms with Gasteiger partial charge in [-0.3, -0.25) is 19.6 Å². The van der Waals surface area contributed by atoms with Crippen molar-refractivity contribution in [3.8, 4) is 22.4 Å². The minimum Gasteiger partial charge on any atom is -0.481 e. The number of aliphatic carboxylic acids is 1. The number of aryl methyl sites for hydroxylation is 2. The molecule has 1 aliphatic carbocycles. The topological polar surface area (TPSA) is 127 Å². The Hall–Kier alpha value is -4.08. The van der Waals surface area contributed by atoms with Gasteiger partial charge in [0.25, 0.3) is 0 Å². The van der Waals surface area contributed by atoms with Gasteiger partial charge in [0.2, 0.25) is 0 Å². The summed E-state index contributed by atoms with van der Waals surface area (Å²) in [5.74, 6) is -0.492. The predicted molar refractivity (Wildman–Crippen MR) is 130 cm³/mol. The van der Waals surface area contributed by atoms with Crippen LogP contribution in [0.4, 0.5) is 0 Å². The minimum absolute atomic E-state index is 0.221. The second-order valence-corrected chi connectivity index (χ2v) is 9.49. The number of pyridine rings is 1. The summed E-state index contributed by atoms with van der Waals surface area (Å²) >= 11 is 0. The summed E-state index contributed by atoms with van der Waals surface area (Å²) in [4.78, 5) is 21.1. The predicted octanol–water partition coefficient (Wildman–Crippen LogP) is 3.81. The zero-order valence-electron chi connectivity index (χ0n) is 19.6. The largest absolute Gasteiger partial charge is 0.481 e. The maximum Gasteiger partial charge on any atom is 0.306 e. The number of hydrogen-bond acceptors (Lipinski definition) is 6. The SMILES string of the molecule is Cc1[nH]nc2c1c(CC1CCC(C(=O)O)CC1)nc1c(-c3ccc(-c4cnn(C)c4)nc3)cnn12. The van der Waals surface area contributed by atoms with Gasteiger partial charge in [0.1, 0.15) is 0 Å². The molecule has 0 saturated heterocycles. The van der Waals surface area contributed by atoms with E-state index < -0.39 is 5.97 Å². The van der Waals surface area contributed by atoms with E-state index >= 15 is 0 Å². The first-order valence-electron chi connectivity index (χ1n) is 11.9. The smallest absolute Gasteiger partial charge is 0.306 e. The summed E-state index contributed by atoms with van der Waals surface area (Å²) in [6.07, 6.45) is 11.4. The molecule has 10 heteroatoms. The molecule has 0 unspecified atom stereocenters. The fraction of sp³-hybridized carbons (Fsp3) is 0.360. The van der Waals surface area contributed by atoms with Gasteiger partial charge in [-0.2, -0.15) is 19.8 Å². The Kier molecular flexibility index (Phi) is 5.09. The molecule has 0 aromatic carbocycles. The molecule has 0 aliphatic heterocycles. The molecule has 0 amide bonds. The number of carboxylic acids is 1. The zero-order valence-corrected chi connectivity index (χ0v) is 19.6. The van der Waals surface area contributed by atoms with E-state index in [9.17, 15) is 9.90 Å². The zero-order chi connectivity index (χ0) is 24.1. The molecule has 5 heterocycles. The summed E-state index contributed by atoms with van der Waals surface area (Å²) in [6.45, 7) is 2.00. The van der Waals surface area contributed by atoms with Gasteiger partial charge in [0.05, 0.1) is 35.1 Å². The lowest BCUT2D eigenvalue weighted by atomic mass is 9.80. The molecule has 10 nitrogen and oxygen atoms in total. The summed E-state index contributed by atoms with van der Waals surface area (Å²) in [7, 11) is 1.88. The lowest BCUT2D eigenvalue weighted by molar-refractivity contribution is -0.143. The normalized spacial score (nSPS) is 18.5. The van der Waals surface area contributed by atoms with E-state index in [0.29, 0.717) is 5.92 Å². The van der Waals surface area contributed by atoms with Gasteiger partial charge in [-0.1, -0.05) is 6.07 Å². The standard InChI is InChI=1S/C25H26N8O2/c1-14-22-21(9-15-3-5-16(6-4-15)25(34)35)29-23-19(12-28-33(23)24(22)31-30-14)17-7-8-20(26-10-17)18-11-27-32(2)13-18/h7-8,10-13,15-16H,3-6,9H2,1-2H3,(H,30,31)(H,34,35). The highest BCUT2D eigenvalue weighted by atomic mass is 16.4. The van der Waals surface area contributed by atoms with Crippen molar-refractivity contribution in [1.29, 1.82) is 0 Å². The van der Waals surface area contributed by atoms with Crippen LogP contribution in [0.25, 0.3) is 39.1 Å². The fourth-order valence-electron chi connectivity index (χ4n) is 5.22. The number of aromatic amines is 1. The Balaban J connectivity index is 1.37. The Morgan fingerprint density at radius 2 is 1.91 bits per heavy atom. The van der Waals surface area contributed by atoms with Crippen molar-refractivity contribution >= 4 is 22.6 Å². The maximum absolute atomic E-state index is 11.4. The first-order chi connectivity index (χ1) is 17.0. The highest BCUT2D eigenvalue weighted by Crippen LogP contribution is 2.34. The van der Waals surface area contributed by atoms with Gasteiger partial charge < -0.3 is 5.11 Å². The number of fused-ring (bicyclic) bond motifs is 3. The van der Waals surface area contributed by atoms with Gasteiger partial charge in [0.15, 0.2) is 11.3 Å². The van der Waals surface area contributed by atoms with Crippen LogP contribution in [0.3, 0.4) is 0 Å². The van der Waals surface area contributed by atoms with Crippen molar-refractivity contribution < 1.29 is 9.90 Å². The average Bonchev–Trinajstić information content (AvgIpc) is 3.58. The molecule has 35 heavy (non-hydrogen) atoms. The van der Waals surface area contributed by atoms with Gasteiger partial charge in [-0.15, -0.1) is 0 Å². The van der Waals surface area contributed by atoms with E-state index in [0.717, 1.165) is 82.6 Å². The van der Waals surface area contributed by atoms with Crippen molar-refractivity contribution in [2.24, 2.45) is 18.9 Å². The Labute approximate surface area is 201 Å². The van der Waals surface area contributed by atoms with E-state index in [1.807, 2.05) is 44.7 Å². The van der Waals surface area contributed by atoms with Crippen molar-refractivity contribution in [2.45, 2.75) is 39.0 Å². The molecule has 5 aromatic rings. The van der Waals surface area contributed by atoms with Gasteiger partial charge in [0, 0.05) is 41.8 Å². The number of hydrogen-bond donors (Lipinski definition) is 2. The third-order valence-corrected chi connectivity index (χ3v) is 7.16. The van der Waals surface area contributed by atoms with E-state index in [2.05, 4.69) is 25.4 Å². The van der Waals surface area contributed by atoms with Crippen molar-refractivity contribution in [3.05, 3.63) is 48.3 Å². The quantitative estimate of drug-likeness (QED) is 0.400. The van der Waals surface area contributed by atoms with Crippen LogP contribution in [0.2, 0.25) is 0 Å². The molecule has 1 saturated carbocycles. The summed E-state index contributed by atoms with van der Waals surface area (Å²) < 4.78 is 3.54. The molecule has 0 atom stereocenters. The molecule has 5 aromatic heterocycles. The van der Waals surface area contributed by atoms with Crippen molar-refractivity contribution in [3.63, 3.8) is 0 Å². The summed E-state index contributed by atoms with van der Waals surface area (Å²) in [5, 5.41) is 26.8. The number of H-pyrrole nitrogens is 1. The molecule has 0 spiro atoms. The molecular formula is C25H26N8O2. The number of aromatic nitrogens is 8. The van der Waals surface area contributed by atoms with Crippen LogP contribution in [-0.4, -0.2) is 50.6 Å². The second kappa shape index (κ2) is 8.30. The molecule has 1 fully saturated rings. The van der Waals surface area contributed by atoms with Crippen LogP contribution in [0.5, 0.6) is 0 Å². The van der Waals surface area contributed by atoms with Crippen molar-refractivity contribution in [2.75, 3.05) is 0 Å². The Morgan fingerprint density at radius 3 is 2.60 bits per heavy atom. The maximum atomic E-state index is 11.4. The van der Waals surface area contributed by atoms with Crippen LogP contribution in [0, 0.1) is 18.8 Å². The monoisotopic (exact) mass is 470 g/mol. The second-order valence-electron chi connectivity index (χ2n) is 9.49. The molecule has 0 bridgehead atoms. The van der Waals surface area contributed by atoms with Crippen molar-refractivity contribution in [1.82, 2.24) is 39.6 Å². The Morgan fingerprint density at radius 1 is 1.09 bits per heavy atom. The number of nitrogens with zero attached hydrogens (tertiary/aromatic N) is 7. The lowest BCUT2D eigenvalue weighted by Gasteiger charge is -2.26. The van der Waals surface area contributed by atoms with Crippen LogP contribution in [0.15, 0.2) is 36.9 Å². The third kappa shape index (κ3) is 3.74. The van der Waals surface area contributed by atoms with E-state index in [1.165, 1.54) is 0 Å². The number of carboxylic acid groups (broad SMARTS) is 1. The van der Waals surface area contributed by atoms with E-state index in [1.54, 1.807) is 15.4 Å². The van der Waals surface area contributed by atoms with Crippen LogP contribution < -0.4 is 0 Å². The highest BCUT2D eigenvalue weighted by molar-refractivity contribution is 5.87. The van der Waals surface area contributed by atoms with Crippen LogP contribution in [0.1, 0.15) is 37.1 Å². The third-order valence-electron chi connectivity index (χ3n) is 7.16. The van der Waals surface area contributed by atoms with Crippen LogP contribution >= 0.6 is 0 Å². The first kappa shape index (κ1) is 21.5. The van der Waals surface area contributed by atoms with Crippen LogP contribution in [-0.2, 0) is 18.3 Å². The molecule has 178 valence electrons. The summed E-state index contributed by atoms with van der Waals surface area (Å²) in [6, 6.07) is 4.01. The number of rotatable bonds is 5. The first-order valence-corrected chi connectivity index (χ1v) is 11.9. The molecular weight excluding hydrogens is 444 g/mol. The lowest BCUT2D eigenvalue weighted by Crippen LogP contribution is -2.22. The molecule has 1 aliphatic rings. The summed E-state index contributed by atoms with van der Waals surface area (Å²) in [5.41, 5.74) is 7.10. The van der Waals surface area contributed by atoms with Gasteiger partial charge in [-0.25, -0.2) is 4.98 Å². The molecule has 2 N–H and O–H groups in total. The van der Waals surface area contributed by atoms with Gasteiger partial charge in [-0.05, 0) is 51.0 Å². The van der Waals surface area contributed by atoms with E-state index in [-0.39, 0.29) is 5.92 Å².